The molecule has 1 aliphatic heterocycles. The van der Waals surface area contributed by atoms with E-state index >= 15 is 0 Å². The second-order valence-electron chi connectivity index (χ2n) is 14.5. The molecule has 1 aromatic heterocycles. The number of nitrogen functional groups attached to an aromatic ring is 1. The number of benzene rings is 5. The van der Waals surface area contributed by atoms with Gasteiger partial charge in [-0.15, -0.1) is 0 Å². The third-order valence-electron chi connectivity index (χ3n) is 10.2. The standard InChI is InChI=1S/C27H29N5O4.C18H12Cl2N2O5/c1-17(28)31-12-10-24(11-13-31)36-23-8-6-22(7-9-23)32(26(33)27(34)35)16-18-2-3-19-4-5-20(25(29)30)15-21(19)14-18;19-10-6-11(20)13-12(7-10)21-14(17(24)25)15(13)22(16(23)18(26)27)8-9-4-2-1-3-5-9/h2-9,14-15,24,28H,10-13,16H2,1H3,(H3,29,30)(H,34,35);1-7,21H,8H2,(H,24,25)(H,26,27). The number of ether oxygens (including phenoxy) is 1. The minimum Gasteiger partial charge on any atom is -0.490 e. The van der Waals surface area contributed by atoms with Gasteiger partial charge in [-0.2, -0.15) is 0 Å². The number of carboxylic acid groups (broad SMARTS) is 3. The Morgan fingerprint density at radius 3 is 2.00 bits per heavy atom. The molecule has 1 saturated heterocycles. The molecule has 8 N–H and O–H groups in total. The van der Waals surface area contributed by atoms with Crippen LogP contribution in [0, 0.1) is 10.8 Å². The lowest BCUT2D eigenvalue weighted by Crippen LogP contribution is -2.40. The Kier molecular flexibility index (Phi) is 14.0. The number of halogens is 2. The van der Waals surface area contributed by atoms with E-state index < -0.39 is 29.7 Å². The Bertz CT molecular complexity index is 2750. The molecule has 324 valence electrons. The number of nitrogens with zero attached hydrogens (tertiary/aromatic N) is 3. The van der Waals surface area contributed by atoms with E-state index in [1.165, 1.54) is 17.0 Å². The fourth-order valence-electron chi connectivity index (χ4n) is 7.14. The van der Waals surface area contributed by atoms with E-state index in [-0.39, 0.29) is 57.4 Å². The summed E-state index contributed by atoms with van der Waals surface area (Å²) in [6.07, 6.45) is 1.67. The number of nitrogens with two attached hydrogens (primary N) is 1. The van der Waals surface area contributed by atoms with Crippen molar-refractivity contribution in [3.8, 4) is 5.75 Å². The summed E-state index contributed by atoms with van der Waals surface area (Å²) in [4.78, 5) is 66.4. The minimum atomic E-state index is -1.72. The van der Waals surface area contributed by atoms with Gasteiger partial charge in [0.25, 0.3) is 0 Å². The summed E-state index contributed by atoms with van der Waals surface area (Å²) < 4.78 is 6.08. The maximum atomic E-state index is 12.6. The van der Waals surface area contributed by atoms with E-state index in [2.05, 4.69) is 4.98 Å². The molecule has 5 aromatic carbocycles. The molecular formula is C45H41Cl2N7O9. The summed E-state index contributed by atoms with van der Waals surface area (Å²) in [6, 6.07) is 29.3. The fraction of sp³-hybridized carbons (Fsp3) is 0.178. The van der Waals surface area contributed by atoms with Crippen LogP contribution >= 0.6 is 23.2 Å². The summed E-state index contributed by atoms with van der Waals surface area (Å²) in [6.45, 7) is 3.24. The number of nitrogens with one attached hydrogen (secondary N) is 3. The molecule has 1 aliphatic rings. The zero-order valence-electron chi connectivity index (χ0n) is 33.6. The molecule has 6 aromatic rings. The number of aliphatic carboxylic acids is 2. The Balaban J connectivity index is 0.000000219. The van der Waals surface area contributed by atoms with Gasteiger partial charge in [-0.1, -0.05) is 77.8 Å². The minimum absolute atomic E-state index is 0.0392. The molecular weight excluding hydrogens is 853 g/mol. The number of anilines is 2. The van der Waals surface area contributed by atoms with Gasteiger partial charge in [0.15, 0.2) is 0 Å². The first-order valence-corrected chi connectivity index (χ1v) is 20.1. The van der Waals surface area contributed by atoms with Crippen molar-refractivity contribution >= 4 is 97.6 Å². The second-order valence-corrected chi connectivity index (χ2v) is 15.4. The van der Waals surface area contributed by atoms with Crippen LogP contribution < -0.4 is 20.3 Å². The van der Waals surface area contributed by atoms with Gasteiger partial charge in [-0.25, -0.2) is 14.4 Å². The number of fused-ring (bicyclic) bond motifs is 2. The second kappa shape index (κ2) is 19.5. The van der Waals surface area contributed by atoms with Crippen molar-refractivity contribution in [1.82, 2.24) is 9.88 Å². The summed E-state index contributed by atoms with van der Waals surface area (Å²) in [5, 5.41) is 46.0. The van der Waals surface area contributed by atoms with Crippen molar-refractivity contribution in [2.24, 2.45) is 5.73 Å². The number of carbonyl (C=O) groups excluding carboxylic acids is 2. The van der Waals surface area contributed by atoms with Crippen LogP contribution in [0.3, 0.4) is 0 Å². The number of likely N-dealkylation sites (tertiary alicyclic amines) is 1. The summed E-state index contributed by atoms with van der Waals surface area (Å²) in [7, 11) is 0. The highest BCUT2D eigenvalue weighted by atomic mass is 35.5. The summed E-state index contributed by atoms with van der Waals surface area (Å²) in [5.74, 6) is -5.78. The normalized spacial score (nSPS) is 12.5. The number of carboxylic acids is 3. The van der Waals surface area contributed by atoms with E-state index in [0.717, 1.165) is 47.2 Å². The first-order valence-electron chi connectivity index (χ1n) is 19.3. The highest BCUT2D eigenvalue weighted by Gasteiger charge is 2.32. The van der Waals surface area contributed by atoms with Crippen LogP contribution in [0.2, 0.25) is 10.0 Å². The lowest BCUT2D eigenvalue weighted by Gasteiger charge is -2.32. The molecule has 0 spiro atoms. The third kappa shape index (κ3) is 10.7. The molecule has 0 unspecified atom stereocenters. The van der Waals surface area contributed by atoms with Gasteiger partial charge in [0.2, 0.25) is 0 Å². The molecule has 63 heavy (non-hydrogen) atoms. The van der Waals surface area contributed by atoms with Crippen molar-refractivity contribution in [3.05, 3.63) is 136 Å². The van der Waals surface area contributed by atoms with Gasteiger partial charge in [0, 0.05) is 47.6 Å². The number of hydrogen-bond donors (Lipinski definition) is 7. The summed E-state index contributed by atoms with van der Waals surface area (Å²) in [5.41, 5.74) is 7.78. The van der Waals surface area contributed by atoms with Crippen LogP contribution in [-0.2, 0) is 32.3 Å². The predicted molar refractivity (Wildman–Crippen MR) is 239 cm³/mol. The topological polar surface area (TPSA) is 254 Å². The molecule has 0 bridgehead atoms. The number of amidine groups is 2. The third-order valence-corrected chi connectivity index (χ3v) is 10.8. The largest absolute Gasteiger partial charge is 0.490 e. The van der Waals surface area contributed by atoms with Crippen molar-refractivity contribution in [3.63, 3.8) is 0 Å². The molecule has 7 rings (SSSR count). The van der Waals surface area contributed by atoms with E-state index in [0.29, 0.717) is 28.4 Å². The van der Waals surface area contributed by atoms with Crippen LogP contribution in [0.4, 0.5) is 11.4 Å². The summed E-state index contributed by atoms with van der Waals surface area (Å²) >= 11 is 12.2. The van der Waals surface area contributed by atoms with Gasteiger partial charge >= 0.3 is 29.7 Å². The zero-order valence-corrected chi connectivity index (χ0v) is 35.1. The molecule has 16 nitrogen and oxygen atoms in total. The van der Waals surface area contributed by atoms with Crippen LogP contribution in [0.25, 0.3) is 21.7 Å². The van der Waals surface area contributed by atoms with Crippen LogP contribution in [0.5, 0.6) is 5.75 Å². The maximum absolute atomic E-state index is 12.6. The van der Waals surface area contributed by atoms with Crippen LogP contribution in [0.1, 0.15) is 46.9 Å². The maximum Gasteiger partial charge on any atom is 0.394 e. The van der Waals surface area contributed by atoms with Crippen LogP contribution in [0.15, 0.2) is 103 Å². The SMILES string of the molecule is CC(=N)N1CCC(Oc2ccc(N(Cc3ccc4ccc(C(=N)N)cc4c3)C(=O)C(=O)O)cc2)CC1.O=C(O)C(=O)N(Cc1ccccc1)c1c(C(=O)O)[nH]c2cc(Cl)cc(Cl)c12. The molecule has 2 heterocycles. The first kappa shape index (κ1) is 45.1. The number of aromatic carboxylic acids is 1. The Hall–Kier alpha value is -7.43. The number of H-pyrrole nitrogens is 1. The van der Waals surface area contributed by atoms with Crippen molar-refractivity contribution in [2.45, 2.75) is 39.0 Å². The number of rotatable bonds is 10. The zero-order chi connectivity index (χ0) is 45.5. The van der Waals surface area contributed by atoms with Gasteiger partial charge in [0.05, 0.1) is 35.2 Å². The highest BCUT2D eigenvalue weighted by Crippen LogP contribution is 2.39. The molecule has 2 amide bonds. The number of aromatic amines is 1. The number of carbonyl (C=O) groups is 5. The average molecular weight is 895 g/mol. The number of piperidine rings is 1. The molecule has 18 heteroatoms. The molecule has 0 saturated carbocycles. The highest BCUT2D eigenvalue weighted by molar-refractivity contribution is 6.42. The average Bonchev–Trinajstić information content (AvgIpc) is 3.65. The number of aromatic nitrogens is 1. The van der Waals surface area contributed by atoms with Gasteiger partial charge in [0.1, 0.15) is 23.4 Å². The quantitative estimate of drug-likeness (QED) is 0.0406. The van der Waals surface area contributed by atoms with E-state index in [4.69, 9.17) is 44.5 Å². The van der Waals surface area contributed by atoms with Crippen molar-refractivity contribution in [1.29, 1.82) is 10.8 Å². The van der Waals surface area contributed by atoms with Gasteiger partial charge in [-0.3, -0.25) is 30.2 Å². The predicted octanol–water partition coefficient (Wildman–Crippen LogP) is 7.37. The van der Waals surface area contributed by atoms with Gasteiger partial charge in [-0.05, 0) is 77.4 Å². The molecule has 0 radical (unpaired) electrons. The van der Waals surface area contributed by atoms with Crippen molar-refractivity contribution in [2.75, 3.05) is 22.9 Å². The molecule has 1 fully saturated rings. The van der Waals surface area contributed by atoms with E-state index in [1.54, 1.807) is 73.7 Å². The lowest BCUT2D eigenvalue weighted by molar-refractivity contribution is -0.149. The Labute approximate surface area is 370 Å². The lowest BCUT2D eigenvalue weighted by atomic mass is 10.0. The monoisotopic (exact) mass is 893 g/mol. The fourth-order valence-corrected chi connectivity index (χ4v) is 7.72. The Morgan fingerprint density at radius 1 is 0.778 bits per heavy atom. The molecule has 0 aliphatic carbocycles. The smallest absolute Gasteiger partial charge is 0.394 e. The van der Waals surface area contributed by atoms with Gasteiger partial charge < -0.3 is 35.7 Å². The first-order chi connectivity index (χ1) is 30.0. The van der Waals surface area contributed by atoms with E-state index in [9.17, 15) is 39.3 Å². The van der Waals surface area contributed by atoms with Crippen molar-refractivity contribution < 1.29 is 44.0 Å². The van der Waals surface area contributed by atoms with Crippen LogP contribution in [-0.4, -0.2) is 85.8 Å². The Morgan fingerprint density at radius 2 is 1.40 bits per heavy atom. The number of hydrogen-bond acceptors (Lipinski definition) is 8. The molecule has 0 atom stereocenters. The number of amides is 2. The van der Waals surface area contributed by atoms with E-state index in [1.807, 2.05) is 29.2 Å².